The Morgan fingerprint density at radius 2 is 2.06 bits per heavy atom. The van der Waals surface area contributed by atoms with Gasteiger partial charge in [-0.05, 0) is 33.7 Å². The van der Waals surface area contributed by atoms with Crippen LogP contribution in [0.5, 0.6) is 0 Å². The number of hydrogen-bond donors (Lipinski definition) is 2. The lowest BCUT2D eigenvalue weighted by Crippen LogP contribution is -2.42. The van der Waals surface area contributed by atoms with Crippen molar-refractivity contribution in [2.24, 2.45) is 0 Å². The number of carbonyl (C=O) groups excluding carboxylic acids is 1. The van der Waals surface area contributed by atoms with Crippen molar-refractivity contribution < 1.29 is 9.53 Å². The summed E-state index contributed by atoms with van der Waals surface area (Å²) < 4.78 is 5.82. The van der Waals surface area contributed by atoms with Crippen molar-refractivity contribution in [3.63, 3.8) is 0 Å². The van der Waals surface area contributed by atoms with Gasteiger partial charge in [0.15, 0.2) is 0 Å². The highest BCUT2D eigenvalue weighted by Gasteiger charge is 2.24. The van der Waals surface area contributed by atoms with Crippen molar-refractivity contribution in [2.75, 3.05) is 13.7 Å². The second-order valence-corrected chi connectivity index (χ2v) is 5.06. The first-order valence-corrected chi connectivity index (χ1v) is 6.71. The zero-order valence-corrected chi connectivity index (χ0v) is 11.3. The molecule has 2 N–H and O–H groups in total. The second kappa shape index (κ2) is 7.67. The first kappa shape index (κ1) is 14.5. The van der Waals surface area contributed by atoms with E-state index >= 15 is 0 Å². The molecule has 100 valence electrons. The van der Waals surface area contributed by atoms with E-state index in [-0.39, 0.29) is 18.1 Å². The summed E-state index contributed by atoms with van der Waals surface area (Å²) in [5.74, 6) is 0.0804. The van der Waals surface area contributed by atoms with Crippen molar-refractivity contribution in [1.29, 1.82) is 0 Å². The zero-order valence-electron chi connectivity index (χ0n) is 11.3. The van der Waals surface area contributed by atoms with E-state index in [4.69, 9.17) is 4.74 Å². The standard InChI is InChI=1S/C13H26N2O2/c1-10(2)15-13(16)8-9-17-12-7-5-4-6-11(12)14-3/h10-12,14H,4-9H2,1-3H3,(H,15,16). The molecule has 0 aromatic rings. The normalized spacial score (nSPS) is 24.9. The van der Waals surface area contributed by atoms with Crippen LogP contribution in [0.3, 0.4) is 0 Å². The predicted octanol–water partition coefficient (Wildman–Crippen LogP) is 1.45. The van der Waals surface area contributed by atoms with Crippen LogP contribution in [0.25, 0.3) is 0 Å². The molecule has 2 atom stereocenters. The summed E-state index contributed by atoms with van der Waals surface area (Å²) in [6, 6.07) is 0.666. The van der Waals surface area contributed by atoms with Gasteiger partial charge in [-0.3, -0.25) is 4.79 Å². The van der Waals surface area contributed by atoms with Crippen molar-refractivity contribution >= 4 is 5.91 Å². The Labute approximate surface area is 104 Å². The van der Waals surface area contributed by atoms with Gasteiger partial charge in [-0.2, -0.15) is 0 Å². The van der Waals surface area contributed by atoms with Crippen LogP contribution < -0.4 is 10.6 Å². The molecule has 17 heavy (non-hydrogen) atoms. The molecule has 1 amide bonds. The van der Waals surface area contributed by atoms with Crippen LogP contribution in [0, 0.1) is 0 Å². The summed E-state index contributed by atoms with van der Waals surface area (Å²) >= 11 is 0. The smallest absolute Gasteiger partial charge is 0.222 e. The summed E-state index contributed by atoms with van der Waals surface area (Å²) in [6.07, 6.45) is 5.54. The Balaban J connectivity index is 2.18. The SMILES string of the molecule is CNC1CCCCC1OCCC(=O)NC(C)C. The molecular weight excluding hydrogens is 216 g/mol. The van der Waals surface area contributed by atoms with E-state index in [1.54, 1.807) is 0 Å². The summed E-state index contributed by atoms with van der Waals surface area (Å²) in [7, 11) is 1.98. The Morgan fingerprint density at radius 1 is 1.35 bits per heavy atom. The second-order valence-electron chi connectivity index (χ2n) is 5.06. The van der Waals surface area contributed by atoms with E-state index in [9.17, 15) is 4.79 Å². The van der Waals surface area contributed by atoms with Gasteiger partial charge in [0.25, 0.3) is 0 Å². The van der Waals surface area contributed by atoms with E-state index in [1.807, 2.05) is 20.9 Å². The topological polar surface area (TPSA) is 50.4 Å². The minimum absolute atomic E-state index is 0.0804. The van der Waals surface area contributed by atoms with Gasteiger partial charge in [-0.25, -0.2) is 0 Å². The molecule has 0 heterocycles. The molecule has 1 fully saturated rings. The number of carbonyl (C=O) groups is 1. The van der Waals surface area contributed by atoms with Crippen LogP contribution >= 0.6 is 0 Å². The average molecular weight is 242 g/mol. The first-order chi connectivity index (χ1) is 8.13. The van der Waals surface area contributed by atoms with Gasteiger partial charge in [0.2, 0.25) is 5.91 Å². The Bertz CT molecular complexity index is 231. The minimum Gasteiger partial charge on any atom is -0.376 e. The fourth-order valence-corrected chi connectivity index (χ4v) is 2.32. The highest BCUT2D eigenvalue weighted by atomic mass is 16.5. The van der Waals surface area contributed by atoms with Crippen LogP contribution in [0.2, 0.25) is 0 Å². The number of nitrogens with one attached hydrogen (secondary N) is 2. The third-order valence-corrected chi connectivity index (χ3v) is 3.18. The Morgan fingerprint density at radius 3 is 2.71 bits per heavy atom. The van der Waals surface area contributed by atoms with E-state index in [0.717, 1.165) is 6.42 Å². The van der Waals surface area contributed by atoms with Gasteiger partial charge in [-0.15, -0.1) is 0 Å². The van der Waals surface area contributed by atoms with Crippen molar-refractivity contribution in [3.05, 3.63) is 0 Å². The molecule has 1 aliphatic rings. The molecule has 0 aromatic heterocycles. The van der Waals surface area contributed by atoms with Gasteiger partial charge < -0.3 is 15.4 Å². The number of ether oxygens (including phenoxy) is 1. The Kier molecular flexibility index (Phi) is 6.52. The number of likely N-dealkylation sites (N-methyl/N-ethyl adjacent to an activating group) is 1. The summed E-state index contributed by atoms with van der Waals surface area (Å²) in [6.45, 7) is 4.47. The molecule has 0 saturated heterocycles. The van der Waals surface area contributed by atoms with E-state index in [0.29, 0.717) is 19.1 Å². The van der Waals surface area contributed by atoms with E-state index < -0.39 is 0 Å². The molecule has 0 bridgehead atoms. The van der Waals surface area contributed by atoms with Crippen molar-refractivity contribution in [3.8, 4) is 0 Å². The maximum atomic E-state index is 11.4. The maximum absolute atomic E-state index is 11.4. The molecule has 1 aliphatic carbocycles. The third kappa shape index (κ3) is 5.50. The fourth-order valence-electron chi connectivity index (χ4n) is 2.32. The first-order valence-electron chi connectivity index (χ1n) is 6.71. The molecule has 1 rings (SSSR count). The number of hydrogen-bond acceptors (Lipinski definition) is 3. The summed E-state index contributed by atoms with van der Waals surface area (Å²) in [5, 5.41) is 6.17. The Hall–Kier alpha value is -0.610. The van der Waals surface area contributed by atoms with Crippen LogP contribution in [-0.4, -0.2) is 37.7 Å². The molecule has 0 radical (unpaired) electrons. The van der Waals surface area contributed by atoms with Gasteiger partial charge >= 0.3 is 0 Å². The highest BCUT2D eigenvalue weighted by Crippen LogP contribution is 2.21. The average Bonchev–Trinajstić information content (AvgIpc) is 2.28. The lowest BCUT2D eigenvalue weighted by Gasteiger charge is -2.31. The quantitative estimate of drug-likeness (QED) is 0.741. The largest absolute Gasteiger partial charge is 0.376 e. The van der Waals surface area contributed by atoms with Gasteiger partial charge in [-0.1, -0.05) is 12.8 Å². The zero-order chi connectivity index (χ0) is 12.7. The van der Waals surface area contributed by atoms with E-state index in [1.165, 1.54) is 19.3 Å². The molecule has 1 saturated carbocycles. The summed E-state index contributed by atoms with van der Waals surface area (Å²) in [5.41, 5.74) is 0. The van der Waals surface area contributed by atoms with Crippen LogP contribution in [0.4, 0.5) is 0 Å². The number of rotatable bonds is 6. The minimum atomic E-state index is 0.0804. The van der Waals surface area contributed by atoms with Gasteiger partial charge in [0.1, 0.15) is 0 Å². The monoisotopic (exact) mass is 242 g/mol. The van der Waals surface area contributed by atoms with Crippen molar-refractivity contribution in [1.82, 2.24) is 10.6 Å². The van der Waals surface area contributed by atoms with Crippen LogP contribution in [-0.2, 0) is 9.53 Å². The van der Waals surface area contributed by atoms with Gasteiger partial charge in [0, 0.05) is 18.5 Å². The third-order valence-electron chi connectivity index (χ3n) is 3.18. The number of amides is 1. The van der Waals surface area contributed by atoms with Gasteiger partial charge in [0.05, 0.1) is 12.7 Å². The lowest BCUT2D eigenvalue weighted by molar-refractivity contribution is -0.123. The molecular formula is C13H26N2O2. The summed E-state index contributed by atoms with van der Waals surface area (Å²) in [4.78, 5) is 11.4. The fraction of sp³-hybridized carbons (Fsp3) is 0.923. The van der Waals surface area contributed by atoms with Crippen LogP contribution in [0.1, 0.15) is 46.0 Å². The van der Waals surface area contributed by atoms with E-state index in [2.05, 4.69) is 10.6 Å². The molecule has 4 heteroatoms. The predicted molar refractivity (Wildman–Crippen MR) is 69.0 cm³/mol. The molecule has 0 spiro atoms. The molecule has 0 aliphatic heterocycles. The molecule has 2 unspecified atom stereocenters. The van der Waals surface area contributed by atoms with Crippen LogP contribution in [0.15, 0.2) is 0 Å². The highest BCUT2D eigenvalue weighted by molar-refractivity contribution is 5.76. The lowest BCUT2D eigenvalue weighted by atomic mass is 9.92. The van der Waals surface area contributed by atoms with Crippen molar-refractivity contribution in [2.45, 2.75) is 64.1 Å². The maximum Gasteiger partial charge on any atom is 0.222 e. The molecule has 4 nitrogen and oxygen atoms in total. The molecule has 0 aromatic carbocycles.